The maximum atomic E-state index is 12.4. The van der Waals surface area contributed by atoms with E-state index in [1.807, 2.05) is 0 Å². The van der Waals surface area contributed by atoms with Crippen molar-refractivity contribution < 1.29 is 23.8 Å². The molecule has 1 atom stereocenters. The SMILES string of the molecule is CCCCCCCCCCCCOC(=O)c1ccccc1C(=O)OCC1CCCO1. The summed E-state index contributed by atoms with van der Waals surface area (Å²) in [6.07, 6.45) is 14.2. The molecule has 1 aromatic rings. The van der Waals surface area contributed by atoms with E-state index in [1.54, 1.807) is 24.3 Å². The quantitative estimate of drug-likeness (QED) is 0.254. The Morgan fingerprint density at radius 2 is 1.43 bits per heavy atom. The number of hydrogen-bond donors (Lipinski definition) is 0. The monoisotopic (exact) mass is 418 g/mol. The molecule has 1 saturated heterocycles. The summed E-state index contributed by atoms with van der Waals surface area (Å²) in [6.45, 7) is 3.56. The van der Waals surface area contributed by atoms with Crippen LogP contribution >= 0.6 is 0 Å². The van der Waals surface area contributed by atoms with Crippen LogP contribution in [0.4, 0.5) is 0 Å². The molecule has 5 heteroatoms. The van der Waals surface area contributed by atoms with Gasteiger partial charge in [-0.25, -0.2) is 9.59 Å². The van der Waals surface area contributed by atoms with Crippen LogP contribution in [0.25, 0.3) is 0 Å². The maximum absolute atomic E-state index is 12.4. The van der Waals surface area contributed by atoms with E-state index in [-0.39, 0.29) is 23.8 Å². The van der Waals surface area contributed by atoms with E-state index in [1.165, 1.54) is 51.4 Å². The Morgan fingerprint density at radius 3 is 2.00 bits per heavy atom. The molecule has 0 N–H and O–H groups in total. The molecular weight excluding hydrogens is 380 g/mol. The molecule has 0 aliphatic carbocycles. The minimum absolute atomic E-state index is 0.0376. The van der Waals surface area contributed by atoms with E-state index in [0.29, 0.717) is 13.2 Å². The van der Waals surface area contributed by atoms with Crippen LogP contribution in [0.3, 0.4) is 0 Å². The van der Waals surface area contributed by atoms with E-state index < -0.39 is 11.9 Å². The lowest BCUT2D eigenvalue weighted by Crippen LogP contribution is -2.20. The smallest absolute Gasteiger partial charge is 0.339 e. The summed E-state index contributed by atoms with van der Waals surface area (Å²) < 4.78 is 16.2. The van der Waals surface area contributed by atoms with Gasteiger partial charge in [-0.2, -0.15) is 0 Å². The molecule has 1 fully saturated rings. The van der Waals surface area contributed by atoms with Gasteiger partial charge in [0.1, 0.15) is 6.61 Å². The van der Waals surface area contributed by atoms with E-state index >= 15 is 0 Å². The molecule has 1 heterocycles. The minimum atomic E-state index is -0.503. The number of hydrogen-bond acceptors (Lipinski definition) is 5. The van der Waals surface area contributed by atoms with Gasteiger partial charge in [0, 0.05) is 6.61 Å². The Labute approximate surface area is 181 Å². The van der Waals surface area contributed by atoms with Crippen LogP contribution < -0.4 is 0 Å². The summed E-state index contributed by atoms with van der Waals surface area (Å²) >= 11 is 0. The zero-order chi connectivity index (χ0) is 21.4. The normalized spacial score (nSPS) is 15.8. The number of unbranched alkanes of at least 4 members (excludes halogenated alkanes) is 9. The molecule has 1 unspecified atom stereocenters. The Bertz CT molecular complexity index is 622. The average Bonchev–Trinajstić information content (AvgIpc) is 3.29. The summed E-state index contributed by atoms with van der Waals surface area (Å²) in [4.78, 5) is 24.8. The number of esters is 2. The number of rotatable bonds is 15. The van der Waals surface area contributed by atoms with Gasteiger partial charge in [0.05, 0.1) is 23.8 Å². The second-order valence-corrected chi connectivity index (χ2v) is 8.10. The fourth-order valence-corrected chi connectivity index (χ4v) is 3.69. The zero-order valence-electron chi connectivity index (χ0n) is 18.5. The second kappa shape index (κ2) is 15.0. The Balaban J connectivity index is 1.62. The topological polar surface area (TPSA) is 61.8 Å². The van der Waals surface area contributed by atoms with Crippen LogP contribution in [0.1, 0.15) is 105 Å². The lowest BCUT2D eigenvalue weighted by molar-refractivity contribution is 0.0157. The fourth-order valence-electron chi connectivity index (χ4n) is 3.69. The molecule has 2 rings (SSSR count). The molecule has 30 heavy (non-hydrogen) atoms. The van der Waals surface area contributed by atoms with Crippen molar-refractivity contribution in [3.05, 3.63) is 35.4 Å². The number of ether oxygens (including phenoxy) is 3. The van der Waals surface area contributed by atoms with Crippen molar-refractivity contribution in [2.24, 2.45) is 0 Å². The van der Waals surface area contributed by atoms with Gasteiger partial charge in [0.15, 0.2) is 0 Å². The molecule has 0 aromatic heterocycles. The summed E-state index contributed by atoms with van der Waals surface area (Å²) in [5, 5.41) is 0. The largest absolute Gasteiger partial charge is 0.462 e. The van der Waals surface area contributed by atoms with Crippen molar-refractivity contribution in [3.8, 4) is 0 Å². The third-order valence-electron chi connectivity index (χ3n) is 5.52. The lowest BCUT2D eigenvalue weighted by atomic mass is 10.1. The van der Waals surface area contributed by atoms with Crippen LogP contribution in [0.2, 0.25) is 0 Å². The van der Waals surface area contributed by atoms with E-state index in [0.717, 1.165) is 25.7 Å². The molecule has 168 valence electrons. The molecule has 0 radical (unpaired) electrons. The third kappa shape index (κ3) is 9.29. The van der Waals surface area contributed by atoms with Gasteiger partial charge in [0.2, 0.25) is 0 Å². The van der Waals surface area contributed by atoms with Crippen LogP contribution in [0, 0.1) is 0 Å². The van der Waals surface area contributed by atoms with Crippen LogP contribution in [0.15, 0.2) is 24.3 Å². The van der Waals surface area contributed by atoms with Crippen molar-refractivity contribution in [3.63, 3.8) is 0 Å². The van der Waals surface area contributed by atoms with Crippen molar-refractivity contribution >= 4 is 11.9 Å². The van der Waals surface area contributed by atoms with Crippen molar-refractivity contribution in [1.29, 1.82) is 0 Å². The van der Waals surface area contributed by atoms with Gasteiger partial charge in [-0.05, 0) is 31.4 Å². The fraction of sp³-hybridized carbons (Fsp3) is 0.680. The molecule has 1 aromatic carbocycles. The zero-order valence-corrected chi connectivity index (χ0v) is 18.5. The Kier molecular flexibility index (Phi) is 12.2. The summed E-state index contributed by atoms with van der Waals surface area (Å²) in [5.74, 6) is -0.965. The van der Waals surface area contributed by atoms with Gasteiger partial charge in [0.25, 0.3) is 0 Å². The van der Waals surface area contributed by atoms with Crippen molar-refractivity contribution in [2.45, 2.75) is 90.1 Å². The molecule has 0 amide bonds. The molecule has 0 bridgehead atoms. The minimum Gasteiger partial charge on any atom is -0.462 e. The summed E-state index contributed by atoms with van der Waals surface area (Å²) in [7, 11) is 0. The number of carbonyl (C=O) groups excluding carboxylic acids is 2. The highest BCUT2D eigenvalue weighted by Gasteiger charge is 2.22. The third-order valence-corrected chi connectivity index (χ3v) is 5.52. The second-order valence-electron chi connectivity index (χ2n) is 8.10. The van der Waals surface area contributed by atoms with Crippen LogP contribution in [-0.4, -0.2) is 37.9 Å². The first kappa shape index (κ1) is 24.4. The standard InChI is InChI=1S/C25H38O5/c1-2-3-4-5-6-7-8-9-10-13-18-29-24(26)22-16-11-12-17-23(22)25(27)30-20-21-15-14-19-28-21/h11-12,16-17,21H,2-10,13-15,18-20H2,1H3. The van der Waals surface area contributed by atoms with E-state index in [2.05, 4.69) is 6.92 Å². The Morgan fingerprint density at radius 1 is 0.867 bits per heavy atom. The van der Waals surface area contributed by atoms with Gasteiger partial charge in [-0.1, -0.05) is 76.8 Å². The highest BCUT2D eigenvalue weighted by molar-refractivity contribution is 6.03. The lowest BCUT2D eigenvalue weighted by Gasteiger charge is -2.12. The summed E-state index contributed by atoms with van der Waals surface area (Å²) in [6, 6.07) is 6.67. The first-order valence-corrected chi connectivity index (χ1v) is 11.8. The molecule has 0 saturated carbocycles. The Hall–Kier alpha value is -1.88. The van der Waals surface area contributed by atoms with Gasteiger partial charge >= 0.3 is 11.9 Å². The first-order chi connectivity index (χ1) is 14.7. The van der Waals surface area contributed by atoms with Crippen molar-refractivity contribution in [1.82, 2.24) is 0 Å². The van der Waals surface area contributed by atoms with Crippen LogP contribution in [-0.2, 0) is 14.2 Å². The molecule has 1 aliphatic heterocycles. The van der Waals surface area contributed by atoms with Gasteiger partial charge in [-0.15, -0.1) is 0 Å². The number of carbonyl (C=O) groups is 2. The first-order valence-electron chi connectivity index (χ1n) is 11.8. The predicted molar refractivity (Wildman–Crippen MR) is 118 cm³/mol. The van der Waals surface area contributed by atoms with Gasteiger partial charge in [-0.3, -0.25) is 0 Å². The van der Waals surface area contributed by atoms with Crippen LogP contribution in [0.5, 0.6) is 0 Å². The van der Waals surface area contributed by atoms with Gasteiger partial charge < -0.3 is 14.2 Å². The maximum Gasteiger partial charge on any atom is 0.339 e. The molecule has 0 spiro atoms. The van der Waals surface area contributed by atoms with E-state index in [4.69, 9.17) is 14.2 Å². The number of benzene rings is 1. The molecular formula is C25H38O5. The predicted octanol–water partition coefficient (Wildman–Crippen LogP) is 6.10. The molecule has 5 nitrogen and oxygen atoms in total. The average molecular weight is 419 g/mol. The molecule has 1 aliphatic rings. The highest BCUT2D eigenvalue weighted by Crippen LogP contribution is 2.16. The highest BCUT2D eigenvalue weighted by atomic mass is 16.6. The van der Waals surface area contributed by atoms with E-state index in [9.17, 15) is 9.59 Å². The van der Waals surface area contributed by atoms with Crippen molar-refractivity contribution in [2.75, 3.05) is 19.8 Å². The summed E-state index contributed by atoms with van der Waals surface area (Å²) in [5.41, 5.74) is 0.519.